The van der Waals surface area contributed by atoms with Crippen LogP contribution in [0.15, 0.2) is 40.9 Å². The second-order valence-electron chi connectivity index (χ2n) is 4.99. The average molecular weight is 324 g/mol. The summed E-state index contributed by atoms with van der Waals surface area (Å²) in [6.45, 7) is 4.38. The van der Waals surface area contributed by atoms with Gasteiger partial charge < -0.3 is 4.74 Å². The van der Waals surface area contributed by atoms with Crippen molar-refractivity contribution in [2.24, 2.45) is 0 Å². The minimum Gasteiger partial charge on any atom is -0.457 e. The smallest absolute Gasteiger partial charge is 0.132 e. The summed E-state index contributed by atoms with van der Waals surface area (Å²) in [6, 6.07) is 12.1. The molecule has 1 aliphatic heterocycles. The molecule has 1 heterocycles. The first-order valence-corrected chi connectivity index (χ1v) is 6.94. The summed E-state index contributed by atoms with van der Waals surface area (Å²) in [6.07, 6.45) is 0. The van der Waals surface area contributed by atoms with Crippen molar-refractivity contribution in [2.75, 3.05) is 0 Å². The molecule has 0 atom stereocenters. The predicted octanol–water partition coefficient (Wildman–Crippen LogP) is 5.53. The van der Waals surface area contributed by atoms with Crippen LogP contribution in [0.3, 0.4) is 0 Å². The summed E-state index contributed by atoms with van der Waals surface area (Å²) in [7, 11) is 0. The van der Waals surface area contributed by atoms with Gasteiger partial charge in [-0.15, -0.1) is 0 Å². The zero-order valence-electron chi connectivity index (χ0n) is 10.1. The van der Waals surface area contributed by atoms with E-state index in [-0.39, 0.29) is 5.41 Å². The van der Waals surface area contributed by atoms with E-state index in [0.29, 0.717) is 5.02 Å². The van der Waals surface area contributed by atoms with E-state index >= 15 is 0 Å². The van der Waals surface area contributed by atoms with Crippen molar-refractivity contribution in [1.29, 1.82) is 0 Å². The van der Waals surface area contributed by atoms with Crippen molar-refractivity contribution >= 4 is 27.5 Å². The van der Waals surface area contributed by atoms with Gasteiger partial charge in [0.25, 0.3) is 0 Å². The lowest BCUT2D eigenvalue weighted by Gasteiger charge is -2.34. The second kappa shape index (κ2) is 4.01. The molecule has 18 heavy (non-hydrogen) atoms. The highest BCUT2D eigenvalue weighted by atomic mass is 79.9. The lowest BCUT2D eigenvalue weighted by Crippen LogP contribution is -2.24. The number of hydrogen-bond donors (Lipinski definition) is 0. The molecule has 0 fully saturated rings. The Morgan fingerprint density at radius 1 is 1.06 bits per heavy atom. The molecule has 0 saturated heterocycles. The van der Waals surface area contributed by atoms with Crippen molar-refractivity contribution in [1.82, 2.24) is 0 Å². The van der Waals surface area contributed by atoms with Gasteiger partial charge in [0.15, 0.2) is 0 Å². The van der Waals surface area contributed by atoms with Crippen LogP contribution in [0.25, 0.3) is 0 Å². The van der Waals surface area contributed by atoms with Gasteiger partial charge in [0.05, 0.1) is 5.02 Å². The maximum Gasteiger partial charge on any atom is 0.132 e. The third-order valence-electron chi connectivity index (χ3n) is 3.48. The largest absolute Gasteiger partial charge is 0.457 e. The van der Waals surface area contributed by atoms with Crippen molar-refractivity contribution in [3.63, 3.8) is 0 Å². The Morgan fingerprint density at radius 2 is 1.78 bits per heavy atom. The van der Waals surface area contributed by atoms with Gasteiger partial charge in [-0.25, -0.2) is 0 Å². The van der Waals surface area contributed by atoms with Gasteiger partial charge >= 0.3 is 0 Å². The molecular weight excluding hydrogens is 312 g/mol. The number of fused-ring (bicyclic) bond motifs is 2. The zero-order chi connectivity index (χ0) is 12.9. The van der Waals surface area contributed by atoms with Crippen molar-refractivity contribution in [3.8, 4) is 11.5 Å². The first-order valence-electron chi connectivity index (χ1n) is 5.77. The summed E-state index contributed by atoms with van der Waals surface area (Å²) in [5.74, 6) is 1.79. The monoisotopic (exact) mass is 322 g/mol. The van der Waals surface area contributed by atoms with Crippen LogP contribution in [-0.2, 0) is 5.41 Å². The van der Waals surface area contributed by atoms with Gasteiger partial charge in [-0.1, -0.05) is 43.6 Å². The minimum atomic E-state index is -0.103. The third kappa shape index (κ3) is 1.67. The summed E-state index contributed by atoms with van der Waals surface area (Å²) in [5.41, 5.74) is 2.21. The quantitative estimate of drug-likeness (QED) is 0.619. The topological polar surface area (TPSA) is 9.23 Å². The van der Waals surface area contributed by atoms with E-state index in [1.165, 1.54) is 5.56 Å². The highest BCUT2D eigenvalue weighted by Gasteiger charge is 2.34. The van der Waals surface area contributed by atoms with E-state index in [1.807, 2.05) is 30.3 Å². The molecule has 1 aliphatic rings. The Hall–Kier alpha value is -0.990. The van der Waals surface area contributed by atoms with Crippen LogP contribution in [-0.4, -0.2) is 0 Å². The molecule has 0 bridgehead atoms. The van der Waals surface area contributed by atoms with Crippen molar-refractivity contribution in [3.05, 3.63) is 57.0 Å². The van der Waals surface area contributed by atoms with Crippen LogP contribution in [0.2, 0.25) is 5.02 Å². The Balaban J connectivity index is 2.28. The molecule has 92 valence electrons. The lowest BCUT2D eigenvalue weighted by atomic mass is 9.76. The maximum absolute atomic E-state index is 6.20. The van der Waals surface area contributed by atoms with Crippen molar-refractivity contribution < 1.29 is 4.74 Å². The van der Waals surface area contributed by atoms with Crippen LogP contribution in [0.1, 0.15) is 25.0 Å². The molecule has 0 radical (unpaired) electrons. The number of halogens is 2. The maximum atomic E-state index is 6.20. The Bertz CT molecular complexity index is 634. The first-order chi connectivity index (χ1) is 8.50. The van der Waals surface area contributed by atoms with Gasteiger partial charge in [0.1, 0.15) is 11.5 Å². The highest BCUT2D eigenvalue weighted by Crippen LogP contribution is 2.49. The molecule has 1 nitrogen and oxygen atoms in total. The van der Waals surface area contributed by atoms with Crippen LogP contribution in [0, 0.1) is 0 Å². The molecule has 0 aliphatic carbocycles. The zero-order valence-corrected chi connectivity index (χ0v) is 12.5. The molecule has 0 saturated carbocycles. The van der Waals surface area contributed by atoms with Gasteiger partial charge in [-0.2, -0.15) is 0 Å². The molecule has 3 heteroatoms. The van der Waals surface area contributed by atoms with E-state index in [0.717, 1.165) is 21.5 Å². The molecule has 2 aromatic carbocycles. The van der Waals surface area contributed by atoms with Crippen LogP contribution in [0.4, 0.5) is 0 Å². The van der Waals surface area contributed by atoms with E-state index in [9.17, 15) is 0 Å². The fourth-order valence-electron chi connectivity index (χ4n) is 2.44. The first kappa shape index (κ1) is 12.1. The van der Waals surface area contributed by atoms with Crippen LogP contribution < -0.4 is 4.74 Å². The minimum absolute atomic E-state index is 0.103. The fraction of sp³-hybridized carbons (Fsp3) is 0.200. The SMILES string of the molecule is CC1(C)c2ccccc2Oc2cc(Br)c(Cl)cc21. The highest BCUT2D eigenvalue weighted by molar-refractivity contribution is 9.10. The number of ether oxygens (including phenoxy) is 1. The molecule has 0 spiro atoms. The van der Waals surface area contributed by atoms with Crippen LogP contribution in [0.5, 0.6) is 11.5 Å². The molecule has 0 amide bonds. The summed E-state index contributed by atoms with van der Waals surface area (Å²) in [4.78, 5) is 0. The van der Waals surface area contributed by atoms with Gasteiger partial charge in [0.2, 0.25) is 0 Å². The lowest BCUT2D eigenvalue weighted by molar-refractivity contribution is 0.418. The molecule has 0 N–H and O–H groups in total. The Kier molecular flexibility index (Phi) is 2.68. The fourth-order valence-corrected chi connectivity index (χ4v) is 2.92. The number of rotatable bonds is 0. The molecule has 3 rings (SSSR count). The normalized spacial score (nSPS) is 15.6. The second-order valence-corrected chi connectivity index (χ2v) is 6.25. The third-order valence-corrected chi connectivity index (χ3v) is 4.67. The molecule has 2 aromatic rings. The van der Waals surface area contributed by atoms with E-state index < -0.39 is 0 Å². The molecule has 0 unspecified atom stereocenters. The number of hydrogen-bond acceptors (Lipinski definition) is 1. The van der Waals surface area contributed by atoms with Gasteiger partial charge in [0, 0.05) is 21.0 Å². The Morgan fingerprint density at radius 3 is 2.56 bits per heavy atom. The van der Waals surface area contributed by atoms with E-state index in [4.69, 9.17) is 16.3 Å². The Labute approximate surface area is 120 Å². The summed E-state index contributed by atoms with van der Waals surface area (Å²) < 4.78 is 6.82. The predicted molar refractivity (Wildman–Crippen MR) is 77.8 cm³/mol. The van der Waals surface area contributed by atoms with Crippen LogP contribution >= 0.6 is 27.5 Å². The summed E-state index contributed by atoms with van der Waals surface area (Å²) in [5, 5.41) is 0.713. The molecular formula is C15H12BrClO. The average Bonchev–Trinajstić information content (AvgIpc) is 2.33. The van der Waals surface area contributed by atoms with Gasteiger partial charge in [-0.3, -0.25) is 0 Å². The summed E-state index contributed by atoms with van der Waals surface area (Å²) >= 11 is 9.64. The molecule has 0 aromatic heterocycles. The van der Waals surface area contributed by atoms with E-state index in [1.54, 1.807) is 0 Å². The van der Waals surface area contributed by atoms with Crippen molar-refractivity contribution in [2.45, 2.75) is 19.3 Å². The van der Waals surface area contributed by atoms with Gasteiger partial charge in [-0.05, 0) is 34.1 Å². The number of para-hydroxylation sites is 1. The number of benzene rings is 2. The van der Waals surface area contributed by atoms with E-state index in [2.05, 4.69) is 35.8 Å². The standard InChI is InChI=1S/C15H12BrClO/c1-15(2)9-5-3-4-6-13(9)18-14-8-11(16)12(17)7-10(14)15/h3-8H,1-2H3.